The van der Waals surface area contributed by atoms with E-state index >= 15 is 0 Å². The van der Waals surface area contributed by atoms with Crippen molar-refractivity contribution < 1.29 is 17.9 Å². The van der Waals surface area contributed by atoms with Gasteiger partial charge in [-0.2, -0.15) is 0 Å². The number of rotatable bonds is 9. The maximum Gasteiger partial charge on any atom is 0.261 e. The van der Waals surface area contributed by atoms with Crippen molar-refractivity contribution in [2.45, 2.75) is 44.4 Å². The molecule has 2 rings (SSSR count). The zero-order chi connectivity index (χ0) is 20.7. The summed E-state index contributed by atoms with van der Waals surface area (Å²) in [6.45, 7) is 6.52. The molecule has 0 atom stereocenters. The van der Waals surface area contributed by atoms with E-state index in [1.165, 1.54) is 6.07 Å². The van der Waals surface area contributed by atoms with Crippen LogP contribution in [0.3, 0.4) is 0 Å². The number of anilines is 1. The van der Waals surface area contributed by atoms with Crippen LogP contribution >= 0.6 is 0 Å². The Morgan fingerprint density at radius 1 is 1.14 bits per heavy atom. The van der Waals surface area contributed by atoms with Gasteiger partial charge in [-0.3, -0.25) is 9.52 Å². The van der Waals surface area contributed by atoms with E-state index in [9.17, 15) is 13.2 Å². The third-order valence-corrected chi connectivity index (χ3v) is 5.73. The van der Waals surface area contributed by atoms with Gasteiger partial charge in [0, 0.05) is 6.54 Å². The lowest BCUT2D eigenvalue weighted by Gasteiger charge is -2.16. The summed E-state index contributed by atoms with van der Waals surface area (Å²) in [4.78, 5) is 12.6. The number of carbonyl (C=O) groups excluding carboxylic acids is 1. The highest BCUT2D eigenvalue weighted by molar-refractivity contribution is 7.92. The summed E-state index contributed by atoms with van der Waals surface area (Å²) >= 11 is 0. The number of hydrogen-bond acceptors (Lipinski definition) is 4. The van der Waals surface area contributed by atoms with Crippen molar-refractivity contribution in [2.24, 2.45) is 0 Å². The van der Waals surface area contributed by atoms with Gasteiger partial charge in [0.25, 0.3) is 15.9 Å². The number of hydrogen-bond donors (Lipinski definition) is 2. The Bertz CT molecular complexity index is 924. The molecule has 0 saturated heterocycles. The summed E-state index contributed by atoms with van der Waals surface area (Å²) in [5.41, 5.74) is 1.34. The lowest BCUT2D eigenvalue weighted by Crippen LogP contribution is -2.26. The van der Waals surface area contributed by atoms with Crippen molar-refractivity contribution in [3.05, 3.63) is 53.6 Å². The molecule has 0 bridgehead atoms. The van der Waals surface area contributed by atoms with E-state index in [2.05, 4.69) is 10.0 Å². The number of methoxy groups -OCH3 is 1. The molecule has 2 aromatic rings. The van der Waals surface area contributed by atoms with Crippen LogP contribution in [-0.4, -0.2) is 28.0 Å². The highest BCUT2D eigenvalue weighted by atomic mass is 32.2. The molecule has 2 aromatic carbocycles. The van der Waals surface area contributed by atoms with E-state index in [4.69, 9.17) is 4.74 Å². The molecule has 6 nitrogen and oxygen atoms in total. The Morgan fingerprint density at radius 3 is 2.50 bits per heavy atom. The van der Waals surface area contributed by atoms with Gasteiger partial charge < -0.3 is 10.1 Å². The predicted octanol–water partition coefficient (Wildman–Crippen LogP) is 4.15. The Labute approximate surface area is 167 Å². The minimum absolute atomic E-state index is 0.0988. The predicted molar refractivity (Wildman–Crippen MR) is 112 cm³/mol. The van der Waals surface area contributed by atoms with Gasteiger partial charge in [0.1, 0.15) is 5.75 Å². The van der Waals surface area contributed by atoms with Gasteiger partial charge in [0.2, 0.25) is 0 Å². The van der Waals surface area contributed by atoms with Gasteiger partial charge in [0.15, 0.2) is 0 Å². The Morgan fingerprint density at radius 2 is 1.86 bits per heavy atom. The van der Waals surface area contributed by atoms with Crippen molar-refractivity contribution in [2.75, 3.05) is 18.4 Å². The number of amides is 1. The first-order valence-corrected chi connectivity index (χ1v) is 10.9. The van der Waals surface area contributed by atoms with Crippen LogP contribution in [0.25, 0.3) is 0 Å². The first-order chi connectivity index (χ1) is 13.3. The Balaban J connectivity index is 2.33. The fraction of sp³-hybridized carbons (Fsp3) is 0.381. The normalized spacial score (nSPS) is 11.3. The number of benzene rings is 2. The van der Waals surface area contributed by atoms with E-state index in [1.807, 2.05) is 20.8 Å². The average molecular weight is 405 g/mol. The SMILES string of the molecule is CCCCNC(=O)c1ccccc1NS(=O)(=O)c1ccc(OC)c(C(C)C)c1. The van der Waals surface area contributed by atoms with Gasteiger partial charge in [0.05, 0.1) is 23.3 Å². The maximum absolute atomic E-state index is 12.9. The molecule has 0 unspecified atom stereocenters. The smallest absolute Gasteiger partial charge is 0.261 e. The molecule has 7 heteroatoms. The lowest BCUT2D eigenvalue weighted by atomic mass is 10.0. The summed E-state index contributed by atoms with van der Waals surface area (Å²) in [5, 5.41) is 2.81. The van der Waals surface area contributed by atoms with Gasteiger partial charge in [-0.1, -0.05) is 39.3 Å². The first kappa shape index (κ1) is 21.8. The van der Waals surface area contributed by atoms with Crippen LogP contribution in [0.15, 0.2) is 47.4 Å². The van der Waals surface area contributed by atoms with Crippen LogP contribution in [0.1, 0.15) is 55.5 Å². The molecule has 0 radical (unpaired) electrons. The monoisotopic (exact) mass is 404 g/mol. The fourth-order valence-electron chi connectivity index (χ4n) is 2.78. The Hall–Kier alpha value is -2.54. The van der Waals surface area contributed by atoms with Crippen LogP contribution in [0.5, 0.6) is 5.75 Å². The van der Waals surface area contributed by atoms with Crippen LogP contribution < -0.4 is 14.8 Å². The van der Waals surface area contributed by atoms with Gasteiger partial charge in [-0.25, -0.2) is 8.42 Å². The molecule has 0 saturated carbocycles. The van der Waals surface area contributed by atoms with Crippen molar-refractivity contribution in [3.8, 4) is 5.75 Å². The molecular weight excluding hydrogens is 376 g/mol. The van der Waals surface area contributed by atoms with Gasteiger partial charge >= 0.3 is 0 Å². The summed E-state index contributed by atoms with van der Waals surface area (Å²) in [5.74, 6) is 0.440. The molecule has 0 aliphatic carbocycles. The number of ether oxygens (including phenoxy) is 1. The van der Waals surface area contributed by atoms with Crippen molar-refractivity contribution in [1.29, 1.82) is 0 Å². The number of para-hydroxylation sites is 1. The molecule has 0 spiro atoms. The molecule has 2 N–H and O–H groups in total. The zero-order valence-electron chi connectivity index (χ0n) is 16.8. The van der Waals surface area contributed by atoms with E-state index in [0.717, 1.165) is 18.4 Å². The second-order valence-electron chi connectivity index (χ2n) is 6.82. The molecule has 0 heterocycles. The highest BCUT2D eigenvalue weighted by Crippen LogP contribution is 2.30. The first-order valence-electron chi connectivity index (χ1n) is 9.38. The quantitative estimate of drug-likeness (QED) is 0.615. The molecule has 28 heavy (non-hydrogen) atoms. The van der Waals surface area contributed by atoms with Crippen molar-refractivity contribution in [3.63, 3.8) is 0 Å². The summed E-state index contributed by atoms with van der Waals surface area (Å²) in [6, 6.07) is 11.3. The molecule has 1 amide bonds. The second kappa shape index (κ2) is 9.59. The van der Waals surface area contributed by atoms with Crippen LogP contribution in [0, 0.1) is 0 Å². The zero-order valence-corrected chi connectivity index (χ0v) is 17.6. The van der Waals surface area contributed by atoms with Crippen LogP contribution in [0.4, 0.5) is 5.69 Å². The third-order valence-electron chi connectivity index (χ3n) is 4.37. The number of sulfonamides is 1. The molecular formula is C21H28N2O4S. The highest BCUT2D eigenvalue weighted by Gasteiger charge is 2.20. The van der Waals surface area contributed by atoms with Crippen molar-refractivity contribution in [1.82, 2.24) is 5.32 Å². The number of nitrogens with one attached hydrogen (secondary N) is 2. The molecule has 0 aliphatic rings. The largest absolute Gasteiger partial charge is 0.496 e. The van der Waals surface area contributed by atoms with Gasteiger partial charge in [-0.05, 0) is 48.2 Å². The molecule has 0 fully saturated rings. The minimum atomic E-state index is -3.86. The summed E-state index contributed by atoms with van der Waals surface area (Å²) < 4.78 is 33.7. The number of unbranched alkanes of at least 4 members (excludes halogenated alkanes) is 1. The standard InChI is InChI=1S/C21H28N2O4S/c1-5-6-13-22-21(24)17-9-7-8-10-19(17)23-28(25,26)16-11-12-20(27-4)18(14-16)15(2)3/h7-12,14-15,23H,5-6,13H2,1-4H3,(H,22,24). The summed E-state index contributed by atoms with van der Waals surface area (Å²) in [6.07, 6.45) is 1.83. The summed E-state index contributed by atoms with van der Waals surface area (Å²) in [7, 11) is -2.30. The van der Waals surface area contributed by atoms with Crippen LogP contribution in [-0.2, 0) is 10.0 Å². The average Bonchev–Trinajstić information content (AvgIpc) is 2.67. The topological polar surface area (TPSA) is 84.5 Å². The number of carbonyl (C=O) groups is 1. The van der Waals surface area contributed by atoms with Crippen LogP contribution in [0.2, 0.25) is 0 Å². The second-order valence-corrected chi connectivity index (χ2v) is 8.50. The lowest BCUT2D eigenvalue weighted by molar-refractivity contribution is 0.0954. The Kier molecular flexibility index (Phi) is 7.45. The van der Waals surface area contributed by atoms with Crippen molar-refractivity contribution >= 4 is 21.6 Å². The van der Waals surface area contributed by atoms with E-state index < -0.39 is 10.0 Å². The molecule has 152 valence electrons. The van der Waals surface area contributed by atoms with E-state index in [-0.39, 0.29) is 22.4 Å². The minimum Gasteiger partial charge on any atom is -0.496 e. The molecule has 0 aliphatic heterocycles. The third kappa shape index (κ3) is 5.25. The maximum atomic E-state index is 12.9. The van der Waals surface area contributed by atoms with E-state index in [0.29, 0.717) is 17.9 Å². The van der Waals surface area contributed by atoms with E-state index in [1.54, 1.807) is 43.5 Å². The fourth-order valence-corrected chi connectivity index (χ4v) is 3.89. The van der Waals surface area contributed by atoms with Gasteiger partial charge in [-0.15, -0.1) is 0 Å². The molecule has 0 aromatic heterocycles.